The Bertz CT molecular complexity index is 610. The fourth-order valence-electron chi connectivity index (χ4n) is 4.04. The van der Waals surface area contributed by atoms with Crippen LogP contribution in [0.4, 0.5) is 0 Å². The van der Waals surface area contributed by atoms with Crippen molar-refractivity contribution in [3.05, 3.63) is 0 Å². The Morgan fingerprint density at radius 1 is 0.727 bits per heavy atom. The van der Waals surface area contributed by atoms with Gasteiger partial charge in [0.25, 0.3) is 0 Å². The monoisotopic (exact) mass is 350 g/mol. The van der Waals surface area contributed by atoms with Crippen molar-refractivity contribution in [1.29, 1.82) is 0 Å². The minimum Gasteiger partial charge on any atom is -0.300 e. The van der Waals surface area contributed by atoms with E-state index >= 15 is 0 Å². The van der Waals surface area contributed by atoms with Gasteiger partial charge in [-0.15, -0.1) is 10.3 Å². The molecule has 0 amide bonds. The average Bonchev–Trinajstić information content (AvgIpc) is 2.43. The van der Waals surface area contributed by atoms with E-state index in [4.69, 9.17) is 0 Å². The number of hydrogen-bond donors (Lipinski definition) is 0. The quantitative estimate of drug-likeness (QED) is 0.603. The number of rotatable bonds is 0. The van der Waals surface area contributed by atoms with Crippen molar-refractivity contribution >= 4 is 25.5 Å². The molecule has 1 radical (unpaired) electrons. The second kappa shape index (κ2) is 4.99. The molecule has 3 aliphatic rings. The minimum atomic E-state index is -3.13. The predicted octanol–water partition coefficient (Wildman–Crippen LogP) is -0.108. The van der Waals surface area contributed by atoms with E-state index in [9.17, 15) is 26.8 Å². The summed E-state index contributed by atoms with van der Waals surface area (Å²) < 4.78 is 46.5. The second-order valence-corrected chi connectivity index (χ2v) is 11.5. The number of carbonyl (C=O) groups excluding carboxylic acids is 1. The van der Waals surface area contributed by atoms with Crippen LogP contribution in [0.3, 0.4) is 0 Å². The first-order chi connectivity index (χ1) is 10.1. The summed E-state index contributed by atoms with van der Waals surface area (Å²) in [5.74, 6) is -0.354. The fraction of sp³-hybridized carbons (Fsp3) is 0.923. The van der Waals surface area contributed by atoms with E-state index < -0.39 is 30.8 Å². The Kier molecular flexibility index (Phi) is 3.71. The van der Waals surface area contributed by atoms with Crippen LogP contribution in [0.2, 0.25) is 0 Å². The van der Waals surface area contributed by atoms with Crippen molar-refractivity contribution in [2.24, 2.45) is 0 Å². The van der Waals surface area contributed by atoms with Crippen molar-refractivity contribution in [3.63, 3.8) is 0 Å². The summed E-state index contributed by atoms with van der Waals surface area (Å²) in [7, 11) is -6.27. The van der Waals surface area contributed by atoms with Crippen molar-refractivity contribution in [2.45, 2.75) is 49.6 Å². The lowest BCUT2D eigenvalue weighted by Crippen LogP contribution is -2.67. The van der Waals surface area contributed by atoms with Crippen molar-refractivity contribution in [2.75, 3.05) is 23.0 Å². The maximum absolute atomic E-state index is 13.0. The molecule has 3 saturated heterocycles. The van der Waals surface area contributed by atoms with Gasteiger partial charge in [0.05, 0.1) is 34.1 Å². The molecule has 0 bridgehead atoms. The molecule has 0 N–H and O–H groups in total. The second-order valence-electron chi connectivity index (χ2n) is 6.94. The highest BCUT2D eigenvalue weighted by atomic mass is 32.2. The van der Waals surface area contributed by atoms with Gasteiger partial charge in [-0.25, -0.2) is 16.8 Å². The number of piperidine rings is 1. The molecule has 0 atom stereocenters. The number of hydroxylamine groups is 2. The van der Waals surface area contributed by atoms with Crippen LogP contribution in [0.15, 0.2) is 0 Å². The molecule has 0 aromatic rings. The van der Waals surface area contributed by atoms with E-state index in [-0.39, 0.29) is 67.3 Å². The topological polar surface area (TPSA) is 108 Å². The van der Waals surface area contributed by atoms with Gasteiger partial charge in [-0.3, -0.25) is 4.79 Å². The van der Waals surface area contributed by atoms with Crippen LogP contribution in [0.25, 0.3) is 0 Å². The number of sulfone groups is 2. The van der Waals surface area contributed by atoms with Gasteiger partial charge in [0.15, 0.2) is 0 Å². The molecule has 125 valence electrons. The smallest absolute Gasteiger partial charge is 0.150 e. The van der Waals surface area contributed by atoms with Gasteiger partial charge >= 0.3 is 0 Å². The zero-order valence-corrected chi connectivity index (χ0v) is 13.9. The van der Waals surface area contributed by atoms with Gasteiger partial charge in [0.2, 0.25) is 0 Å². The summed E-state index contributed by atoms with van der Waals surface area (Å²) in [4.78, 5) is 12.2. The highest BCUT2D eigenvalue weighted by molar-refractivity contribution is 7.91. The van der Waals surface area contributed by atoms with Crippen molar-refractivity contribution in [1.82, 2.24) is 5.06 Å². The Labute approximate surface area is 130 Å². The van der Waals surface area contributed by atoms with Gasteiger partial charge in [-0.2, -0.15) is 0 Å². The molecule has 7 nitrogen and oxygen atoms in total. The third-order valence-electron chi connectivity index (χ3n) is 5.43. The third kappa shape index (κ3) is 2.72. The fourth-order valence-corrected chi connectivity index (χ4v) is 7.21. The lowest BCUT2D eigenvalue weighted by atomic mass is 9.72. The van der Waals surface area contributed by atoms with Crippen LogP contribution in [0, 0.1) is 0 Å². The van der Waals surface area contributed by atoms with Crippen LogP contribution in [0.5, 0.6) is 0 Å². The standard InChI is InChI=1S/C13H20NO6S2/c15-11-9-12(1-5-21(17,18)6-2-12)14(16)13(10-11)3-7-22(19,20)8-4-13/h1-10H2. The summed E-state index contributed by atoms with van der Waals surface area (Å²) in [5, 5.41) is 14.0. The van der Waals surface area contributed by atoms with Crippen LogP contribution in [0.1, 0.15) is 38.5 Å². The maximum atomic E-state index is 13.0. The molecule has 0 saturated carbocycles. The van der Waals surface area contributed by atoms with E-state index in [0.717, 1.165) is 5.06 Å². The first kappa shape index (κ1) is 16.4. The number of Topliss-reactive ketones (excluding diaryl/α,β-unsaturated/α-hetero) is 1. The van der Waals surface area contributed by atoms with Crippen LogP contribution >= 0.6 is 0 Å². The highest BCUT2D eigenvalue weighted by Gasteiger charge is 2.57. The summed E-state index contributed by atoms with van der Waals surface area (Å²) in [5.41, 5.74) is -1.91. The lowest BCUT2D eigenvalue weighted by molar-refractivity contribution is -0.301. The van der Waals surface area contributed by atoms with Crippen LogP contribution in [-0.4, -0.2) is 61.8 Å². The summed E-state index contributed by atoms with van der Waals surface area (Å²) in [6.07, 6.45) is 0.831. The zero-order chi connectivity index (χ0) is 16.2. The van der Waals surface area contributed by atoms with Gasteiger partial charge in [0.1, 0.15) is 25.5 Å². The molecule has 0 aromatic heterocycles. The van der Waals surface area contributed by atoms with E-state index in [1.54, 1.807) is 0 Å². The molecular weight excluding hydrogens is 330 g/mol. The Balaban J connectivity index is 1.90. The SMILES string of the molecule is [O]N1C2(CCS(=O)(=O)CC2)CC(=O)CC12CCS(=O)(=O)CC2. The lowest BCUT2D eigenvalue weighted by Gasteiger charge is -2.54. The summed E-state index contributed by atoms with van der Waals surface area (Å²) in [6, 6.07) is 0. The summed E-state index contributed by atoms with van der Waals surface area (Å²) in [6.45, 7) is 0. The van der Waals surface area contributed by atoms with Crippen LogP contribution in [-0.2, 0) is 29.7 Å². The first-order valence-electron chi connectivity index (χ1n) is 7.48. The molecule has 9 heteroatoms. The highest BCUT2D eigenvalue weighted by Crippen LogP contribution is 2.47. The third-order valence-corrected chi connectivity index (χ3v) is 8.73. The molecule has 3 aliphatic heterocycles. The Hall–Kier alpha value is -0.510. The molecular formula is C13H20NO6S2. The largest absolute Gasteiger partial charge is 0.300 e. The number of ketones is 1. The molecule has 3 fully saturated rings. The molecule has 22 heavy (non-hydrogen) atoms. The Morgan fingerprint density at radius 3 is 1.36 bits per heavy atom. The minimum absolute atomic E-state index is 0.0503. The molecule has 0 aromatic carbocycles. The number of nitrogens with zero attached hydrogens (tertiary/aromatic N) is 1. The van der Waals surface area contributed by atoms with E-state index in [0.29, 0.717) is 0 Å². The van der Waals surface area contributed by atoms with Gasteiger partial charge in [-0.1, -0.05) is 0 Å². The van der Waals surface area contributed by atoms with E-state index in [1.807, 2.05) is 0 Å². The van der Waals surface area contributed by atoms with Crippen molar-refractivity contribution in [3.8, 4) is 0 Å². The normalized spacial score (nSPS) is 33.0. The number of carbonyl (C=O) groups is 1. The first-order valence-corrected chi connectivity index (χ1v) is 11.1. The summed E-state index contributed by atoms with van der Waals surface area (Å²) >= 11 is 0. The number of hydrogen-bond acceptors (Lipinski definition) is 6. The molecule has 0 aliphatic carbocycles. The van der Waals surface area contributed by atoms with Gasteiger partial charge in [-0.05, 0) is 25.7 Å². The van der Waals surface area contributed by atoms with Crippen LogP contribution < -0.4 is 0 Å². The van der Waals surface area contributed by atoms with Gasteiger partial charge < -0.3 is 0 Å². The average molecular weight is 350 g/mol. The maximum Gasteiger partial charge on any atom is 0.150 e. The molecule has 2 spiro atoms. The van der Waals surface area contributed by atoms with Gasteiger partial charge in [0, 0.05) is 12.8 Å². The molecule has 3 rings (SSSR count). The van der Waals surface area contributed by atoms with E-state index in [2.05, 4.69) is 0 Å². The molecule has 0 unspecified atom stereocenters. The molecule has 3 heterocycles. The zero-order valence-electron chi connectivity index (χ0n) is 12.3. The predicted molar refractivity (Wildman–Crippen MR) is 78.0 cm³/mol. The van der Waals surface area contributed by atoms with Crippen molar-refractivity contribution < 1.29 is 26.8 Å². The van der Waals surface area contributed by atoms with E-state index in [1.165, 1.54) is 0 Å². The Morgan fingerprint density at radius 2 is 1.05 bits per heavy atom.